The van der Waals surface area contributed by atoms with E-state index < -0.39 is 6.09 Å². The molecular formula is C16H17N3O3. The second-order valence-electron chi connectivity index (χ2n) is 4.63. The van der Waals surface area contributed by atoms with E-state index in [0.717, 1.165) is 11.1 Å². The Balaban J connectivity index is 1.72. The van der Waals surface area contributed by atoms with Crippen molar-refractivity contribution >= 4 is 17.8 Å². The van der Waals surface area contributed by atoms with Gasteiger partial charge in [-0.25, -0.2) is 9.78 Å². The lowest BCUT2D eigenvalue weighted by molar-refractivity contribution is -0.115. The van der Waals surface area contributed by atoms with Gasteiger partial charge in [0, 0.05) is 6.20 Å². The molecule has 1 aromatic carbocycles. The number of alkyl carbamates (subject to hydrolysis) is 1. The van der Waals surface area contributed by atoms with E-state index >= 15 is 0 Å². The van der Waals surface area contributed by atoms with Crippen molar-refractivity contribution in [3.8, 4) is 0 Å². The molecule has 2 aromatic rings. The molecule has 0 aliphatic carbocycles. The van der Waals surface area contributed by atoms with Crippen LogP contribution in [0.3, 0.4) is 0 Å². The number of carbonyl (C=O) groups excluding carboxylic acids is 2. The summed E-state index contributed by atoms with van der Waals surface area (Å²) in [7, 11) is 0. The zero-order chi connectivity index (χ0) is 15.8. The summed E-state index contributed by atoms with van der Waals surface area (Å²) in [5.41, 5.74) is 1.73. The van der Waals surface area contributed by atoms with E-state index in [0.29, 0.717) is 5.82 Å². The molecule has 6 nitrogen and oxygen atoms in total. The molecule has 0 spiro atoms. The third-order valence-electron chi connectivity index (χ3n) is 2.87. The molecule has 0 aliphatic heterocycles. The van der Waals surface area contributed by atoms with Gasteiger partial charge >= 0.3 is 6.09 Å². The number of nitrogens with zero attached hydrogens (tertiary/aromatic N) is 1. The van der Waals surface area contributed by atoms with Gasteiger partial charge in [0.2, 0.25) is 5.91 Å². The van der Waals surface area contributed by atoms with Crippen molar-refractivity contribution in [1.29, 1.82) is 0 Å². The van der Waals surface area contributed by atoms with Crippen molar-refractivity contribution in [3.05, 3.63) is 59.8 Å². The standard InChI is InChI=1S/C16H17N3O3/c1-12-6-5-9-17-15(12)19-14(20)10-18-16(21)22-11-13-7-3-2-4-8-13/h2-9H,10-11H2,1H3,(H,18,21)(H,17,19,20). The number of amides is 2. The minimum atomic E-state index is -0.642. The van der Waals surface area contributed by atoms with Crippen LogP contribution >= 0.6 is 0 Å². The van der Waals surface area contributed by atoms with E-state index in [1.807, 2.05) is 43.3 Å². The van der Waals surface area contributed by atoms with Crippen molar-refractivity contribution in [2.24, 2.45) is 0 Å². The minimum Gasteiger partial charge on any atom is -0.445 e. The quantitative estimate of drug-likeness (QED) is 0.887. The molecule has 0 saturated carbocycles. The van der Waals surface area contributed by atoms with Crippen LogP contribution in [0.5, 0.6) is 0 Å². The molecule has 0 radical (unpaired) electrons. The predicted molar refractivity (Wildman–Crippen MR) is 82.2 cm³/mol. The number of pyridine rings is 1. The minimum absolute atomic E-state index is 0.160. The molecule has 2 amide bonds. The van der Waals surface area contributed by atoms with Gasteiger partial charge in [0.25, 0.3) is 0 Å². The largest absolute Gasteiger partial charge is 0.445 e. The number of ether oxygens (including phenoxy) is 1. The SMILES string of the molecule is Cc1cccnc1NC(=O)CNC(=O)OCc1ccccc1. The van der Waals surface area contributed by atoms with Gasteiger partial charge in [-0.15, -0.1) is 0 Å². The molecule has 114 valence electrons. The third kappa shape index (κ3) is 4.90. The summed E-state index contributed by atoms with van der Waals surface area (Å²) >= 11 is 0. The first-order chi connectivity index (χ1) is 10.6. The van der Waals surface area contributed by atoms with E-state index in [1.54, 1.807) is 12.3 Å². The van der Waals surface area contributed by atoms with Crippen molar-refractivity contribution in [3.63, 3.8) is 0 Å². The van der Waals surface area contributed by atoms with Crippen LogP contribution in [-0.4, -0.2) is 23.5 Å². The van der Waals surface area contributed by atoms with Gasteiger partial charge < -0.3 is 15.4 Å². The highest BCUT2D eigenvalue weighted by molar-refractivity contribution is 5.93. The lowest BCUT2D eigenvalue weighted by atomic mass is 10.2. The van der Waals surface area contributed by atoms with Gasteiger partial charge in [0.15, 0.2) is 0 Å². The number of rotatable bonds is 5. The Labute approximate surface area is 128 Å². The third-order valence-corrected chi connectivity index (χ3v) is 2.87. The topological polar surface area (TPSA) is 80.3 Å². The highest BCUT2D eigenvalue weighted by atomic mass is 16.5. The number of anilines is 1. The van der Waals surface area contributed by atoms with Crippen molar-refractivity contribution in [2.45, 2.75) is 13.5 Å². The fraction of sp³-hybridized carbons (Fsp3) is 0.188. The van der Waals surface area contributed by atoms with Crippen LogP contribution in [0.1, 0.15) is 11.1 Å². The van der Waals surface area contributed by atoms with E-state index in [9.17, 15) is 9.59 Å². The van der Waals surface area contributed by atoms with Crippen molar-refractivity contribution in [1.82, 2.24) is 10.3 Å². The summed E-state index contributed by atoms with van der Waals surface area (Å²) in [5, 5.41) is 5.01. The first-order valence-corrected chi connectivity index (χ1v) is 6.81. The Bertz CT molecular complexity index is 644. The smallest absolute Gasteiger partial charge is 0.407 e. The number of benzene rings is 1. The van der Waals surface area contributed by atoms with E-state index in [2.05, 4.69) is 15.6 Å². The summed E-state index contributed by atoms with van der Waals surface area (Å²) < 4.78 is 5.01. The zero-order valence-corrected chi connectivity index (χ0v) is 12.2. The molecule has 0 fully saturated rings. The molecule has 6 heteroatoms. The Morgan fingerprint density at radius 2 is 1.91 bits per heavy atom. The summed E-state index contributed by atoms with van der Waals surface area (Å²) in [4.78, 5) is 27.3. The molecule has 0 unspecified atom stereocenters. The average molecular weight is 299 g/mol. The summed E-state index contributed by atoms with van der Waals surface area (Å²) in [5.74, 6) is 0.116. The van der Waals surface area contributed by atoms with Crippen molar-refractivity contribution < 1.29 is 14.3 Å². The van der Waals surface area contributed by atoms with Crippen LogP contribution in [0, 0.1) is 6.92 Å². The van der Waals surface area contributed by atoms with E-state index in [1.165, 1.54) is 0 Å². The highest BCUT2D eigenvalue weighted by Crippen LogP contribution is 2.08. The molecule has 0 atom stereocenters. The maximum Gasteiger partial charge on any atom is 0.407 e. The molecule has 0 saturated heterocycles. The molecule has 2 rings (SSSR count). The number of hydrogen-bond acceptors (Lipinski definition) is 4. The number of hydrogen-bond donors (Lipinski definition) is 2. The van der Waals surface area contributed by atoms with E-state index in [-0.39, 0.29) is 19.1 Å². The molecule has 22 heavy (non-hydrogen) atoms. The number of nitrogens with one attached hydrogen (secondary N) is 2. The van der Waals surface area contributed by atoms with Gasteiger partial charge in [-0.3, -0.25) is 4.79 Å². The lowest BCUT2D eigenvalue weighted by Crippen LogP contribution is -2.33. The van der Waals surface area contributed by atoms with Gasteiger partial charge in [-0.1, -0.05) is 36.4 Å². The maximum atomic E-state index is 11.7. The normalized spacial score (nSPS) is 9.86. The summed E-state index contributed by atoms with van der Waals surface area (Å²) in [6.45, 7) is 1.82. The number of aryl methyl sites for hydroxylation is 1. The fourth-order valence-electron chi connectivity index (χ4n) is 1.72. The zero-order valence-electron chi connectivity index (χ0n) is 12.2. The number of carbonyl (C=O) groups is 2. The molecule has 1 aromatic heterocycles. The molecular weight excluding hydrogens is 282 g/mol. The summed E-state index contributed by atoms with van der Waals surface area (Å²) in [6, 6.07) is 12.9. The fourth-order valence-corrected chi connectivity index (χ4v) is 1.72. The predicted octanol–water partition coefficient (Wildman–Crippen LogP) is 2.25. The first-order valence-electron chi connectivity index (χ1n) is 6.81. The van der Waals surface area contributed by atoms with Crippen LogP contribution in [0.15, 0.2) is 48.7 Å². The van der Waals surface area contributed by atoms with Gasteiger partial charge in [0.05, 0.1) is 0 Å². The molecule has 1 heterocycles. The van der Waals surface area contributed by atoms with Crippen LogP contribution in [0.4, 0.5) is 10.6 Å². The Kier molecular flexibility index (Phi) is 5.48. The second kappa shape index (κ2) is 7.78. The number of aromatic nitrogens is 1. The van der Waals surface area contributed by atoms with Crippen molar-refractivity contribution in [2.75, 3.05) is 11.9 Å². The Morgan fingerprint density at radius 1 is 1.14 bits per heavy atom. The van der Waals surface area contributed by atoms with Gasteiger partial charge in [-0.2, -0.15) is 0 Å². The Morgan fingerprint density at radius 3 is 2.64 bits per heavy atom. The molecule has 0 bridgehead atoms. The monoisotopic (exact) mass is 299 g/mol. The van der Waals surface area contributed by atoms with Crippen LogP contribution in [0.2, 0.25) is 0 Å². The van der Waals surface area contributed by atoms with Gasteiger partial charge in [0.1, 0.15) is 19.0 Å². The molecule has 0 aliphatic rings. The second-order valence-corrected chi connectivity index (χ2v) is 4.63. The first kappa shape index (κ1) is 15.5. The summed E-state index contributed by atoms with van der Waals surface area (Å²) in [6.07, 6.45) is 0.946. The Hall–Kier alpha value is -2.89. The van der Waals surface area contributed by atoms with E-state index in [4.69, 9.17) is 4.74 Å². The molecule has 2 N–H and O–H groups in total. The lowest BCUT2D eigenvalue weighted by Gasteiger charge is -2.08. The maximum absolute atomic E-state index is 11.7. The van der Waals surface area contributed by atoms with Crippen LogP contribution in [0.25, 0.3) is 0 Å². The average Bonchev–Trinajstić information content (AvgIpc) is 2.54. The highest BCUT2D eigenvalue weighted by Gasteiger charge is 2.08. The van der Waals surface area contributed by atoms with Crippen LogP contribution in [-0.2, 0) is 16.1 Å². The van der Waals surface area contributed by atoms with Gasteiger partial charge in [-0.05, 0) is 24.1 Å². The van der Waals surface area contributed by atoms with Crippen LogP contribution < -0.4 is 10.6 Å².